The average Bonchev–Trinajstić information content (AvgIpc) is 2.56. The minimum atomic E-state index is 0.0417. The first kappa shape index (κ1) is 18.0. The van der Waals surface area contributed by atoms with Gasteiger partial charge in [-0.15, -0.1) is 0 Å². The molecule has 0 bridgehead atoms. The fraction of sp³-hybridized carbons (Fsp3) is 0.350. The van der Waals surface area contributed by atoms with E-state index in [4.69, 9.17) is 4.74 Å². The number of carbonyl (C=O) groups is 1. The molecular formula is C20H26N2O2. The van der Waals surface area contributed by atoms with Gasteiger partial charge < -0.3 is 10.1 Å². The monoisotopic (exact) mass is 326 g/mol. The molecule has 4 heteroatoms. The highest BCUT2D eigenvalue weighted by molar-refractivity contribution is 5.77. The summed E-state index contributed by atoms with van der Waals surface area (Å²) in [4.78, 5) is 14.1. The maximum absolute atomic E-state index is 12.1. The molecule has 0 radical (unpaired) electrons. The molecule has 0 aliphatic heterocycles. The highest BCUT2D eigenvalue weighted by atomic mass is 16.5. The van der Waals surface area contributed by atoms with Gasteiger partial charge in [0.1, 0.15) is 5.75 Å². The Labute approximate surface area is 144 Å². The number of nitrogens with one attached hydrogen (secondary N) is 1. The molecule has 0 unspecified atom stereocenters. The van der Waals surface area contributed by atoms with Crippen molar-refractivity contribution in [1.29, 1.82) is 0 Å². The summed E-state index contributed by atoms with van der Waals surface area (Å²) in [6.07, 6.45) is 0.849. The normalized spacial score (nSPS) is 10.7. The molecule has 0 heterocycles. The van der Waals surface area contributed by atoms with E-state index < -0.39 is 0 Å². The van der Waals surface area contributed by atoms with E-state index >= 15 is 0 Å². The number of rotatable bonds is 8. The topological polar surface area (TPSA) is 41.6 Å². The van der Waals surface area contributed by atoms with Crippen molar-refractivity contribution in [2.45, 2.75) is 19.9 Å². The van der Waals surface area contributed by atoms with Crippen molar-refractivity contribution in [3.63, 3.8) is 0 Å². The number of carbonyl (C=O) groups excluding carboxylic acids is 1. The first-order valence-electron chi connectivity index (χ1n) is 8.21. The molecule has 0 atom stereocenters. The number of aryl methyl sites for hydroxylation is 1. The molecule has 24 heavy (non-hydrogen) atoms. The van der Waals surface area contributed by atoms with Gasteiger partial charge in [0.05, 0.1) is 13.7 Å². The second-order valence-electron chi connectivity index (χ2n) is 6.07. The minimum absolute atomic E-state index is 0.0417. The van der Waals surface area contributed by atoms with E-state index in [0.29, 0.717) is 19.6 Å². The van der Waals surface area contributed by atoms with Gasteiger partial charge in [-0.25, -0.2) is 0 Å². The number of methoxy groups -OCH3 is 1. The summed E-state index contributed by atoms with van der Waals surface area (Å²) >= 11 is 0. The van der Waals surface area contributed by atoms with Crippen molar-refractivity contribution in [3.05, 3.63) is 65.2 Å². The van der Waals surface area contributed by atoms with Gasteiger partial charge in [0.15, 0.2) is 0 Å². The van der Waals surface area contributed by atoms with Crippen molar-refractivity contribution in [1.82, 2.24) is 10.2 Å². The number of likely N-dealkylation sites (N-methyl/N-ethyl adjacent to an activating group) is 1. The van der Waals surface area contributed by atoms with Crippen LogP contribution in [0.25, 0.3) is 0 Å². The molecule has 0 aromatic heterocycles. The lowest BCUT2D eigenvalue weighted by Gasteiger charge is -2.18. The molecule has 4 nitrogen and oxygen atoms in total. The maximum atomic E-state index is 12.1. The zero-order valence-electron chi connectivity index (χ0n) is 14.7. The molecular weight excluding hydrogens is 300 g/mol. The summed E-state index contributed by atoms with van der Waals surface area (Å²) in [5.41, 5.74) is 3.51. The number of amides is 1. The lowest BCUT2D eigenvalue weighted by atomic mass is 10.1. The Morgan fingerprint density at radius 1 is 1.17 bits per heavy atom. The fourth-order valence-corrected chi connectivity index (χ4v) is 2.67. The Balaban J connectivity index is 1.78. The molecule has 0 saturated carbocycles. The fourth-order valence-electron chi connectivity index (χ4n) is 2.67. The van der Waals surface area contributed by atoms with Crippen molar-refractivity contribution in [2.24, 2.45) is 0 Å². The molecule has 128 valence electrons. The van der Waals surface area contributed by atoms with E-state index in [1.807, 2.05) is 42.3 Å². The summed E-state index contributed by atoms with van der Waals surface area (Å²) < 4.78 is 5.39. The van der Waals surface area contributed by atoms with Gasteiger partial charge in [-0.1, -0.05) is 48.0 Å². The zero-order chi connectivity index (χ0) is 17.4. The van der Waals surface area contributed by atoms with Crippen molar-refractivity contribution < 1.29 is 9.53 Å². The first-order valence-corrected chi connectivity index (χ1v) is 8.21. The van der Waals surface area contributed by atoms with Gasteiger partial charge >= 0.3 is 0 Å². The van der Waals surface area contributed by atoms with Crippen LogP contribution in [0.5, 0.6) is 5.75 Å². The number of nitrogens with zero attached hydrogens (tertiary/aromatic N) is 1. The third-order valence-electron chi connectivity index (χ3n) is 3.87. The third-order valence-corrected chi connectivity index (χ3v) is 3.87. The van der Waals surface area contributed by atoms with Crippen LogP contribution >= 0.6 is 0 Å². The van der Waals surface area contributed by atoms with Gasteiger partial charge in [0.2, 0.25) is 5.91 Å². The van der Waals surface area contributed by atoms with Crippen LogP contribution in [0.2, 0.25) is 0 Å². The number of hydrogen-bond acceptors (Lipinski definition) is 3. The predicted molar refractivity (Wildman–Crippen MR) is 97.2 cm³/mol. The molecule has 0 aliphatic rings. The van der Waals surface area contributed by atoms with Crippen LogP contribution in [0.3, 0.4) is 0 Å². The van der Waals surface area contributed by atoms with Crippen LogP contribution in [0.15, 0.2) is 48.5 Å². The lowest BCUT2D eigenvalue weighted by Crippen LogP contribution is -2.35. The van der Waals surface area contributed by atoms with E-state index in [1.54, 1.807) is 7.11 Å². The van der Waals surface area contributed by atoms with Crippen LogP contribution < -0.4 is 10.1 Å². The third kappa shape index (κ3) is 5.70. The van der Waals surface area contributed by atoms with E-state index in [1.165, 1.54) is 11.1 Å². The average molecular weight is 326 g/mol. The molecule has 2 aromatic rings. The van der Waals surface area contributed by atoms with E-state index in [0.717, 1.165) is 17.7 Å². The Kier molecular flexibility index (Phi) is 6.82. The van der Waals surface area contributed by atoms with Gasteiger partial charge in [-0.05, 0) is 32.0 Å². The quantitative estimate of drug-likeness (QED) is 0.811. The summed E-state index contributed by atoms with van der Waals surface area (Å²) in [7, 11) is 3.61. The smallest absolute Gasteiger partial charge is 0.234 e. The molecule has 1 N–H and O–H groups in total. The second kappa shape index (κ2) is 9.08. The number of ether oxygens (including phenoxy) is 1. The van der Waals surface area contributed by atoms with Gasteiger partial charge in [0.25, 0.3) is 0 Å². The summed E-state index contributed by atoms with van der Waals surface area (Å²) in [5, 5.41) is 2.98. The van der Waals surface area contributed by atoms with Crippen molar-refractivity contribution >= 4 is 5.91 Å². The number of hydrogen-bond donors (Lipinski definition) is 1. The SMILES string of the molecule is COc1ccc(C)cc1CN(C)CC(=O)NCCc1ccccc1. The minimum Gasteiger partial charge on any atom is -0.496 e. The van der Waals surface area contributed by atoms with Crippen molar-refractivity contribution in [3.8, 4) is 5.75 Å². The molecule has 2 rings (SSSR count). The molecule has 0 saturated heterocycles. The zero-order valence-corrected chi connectivity index (χ0v) is 14.7. The largest absolute Gasteiger partial charge is 0.496 e. The highest BCUT2D eigenvalue weighted by Crippen LogP contribution is 2.20. The Bertz CT molecular complexity index is 656. The highest BCUT2D eigenvalue weighted by Gasteiger charge is 2.10. The molecule has 1 amide bonds. The van der Waals surface area contributed by atoms with Gasteiger partial charge in [-0.3, -0.25) is 9.69 Å². The standard InChI is InChI=1S/C20H26N2O2/c1-16-9-10-19(24-3)18(13-16)14-22(2)15-20(23)21-12-11-17-7-5-4-6-8-17/h4-10,13H,11-12,14-15H2,1-3H3,(H,21,23). The molecule has 0 fully saturated rings. The van der Waals surface area contributed by atoms with Crippen LogP contribution in [-0.2, 0) is 17.8 Å². The predicted octanol–water partition coefficient (Wildman–Crippen LogP) is 2.79. The van der Waals surface area contributed by atoms with E-state index in [-0.39, 0.29) is 5.91 Å². The van der Waals surface area contributed by atoms with Crippen LogP contribution in [0.4, 0.5) is 0 Å². The van der Waals surface area contributed by atoms with Crippen LogP contribution in [0.1, 0.15) is 16.7 Å². The number of benzene rings is 2. The van der Waals surface area contributed by atoms with Crippen LogP contribution in [-0.4, -0.2) is 38.1 Å². The van der Waals surface area contributed by atoms with Crippen LogP contribution in [0, 0.1) is 6.92 Å². The summed E-state index contributed by atoms with van der Waals surface area (Å²) in [6.45, 7) is 3.76. The summed E-state index contributed by atoms with van der Waals surface area (Å²) in [5.74, 6) is 0.900. The van der Waals surface area contributed by atoms with Crippen molar-refractivity contribution in [2.75, 3.05) is 27.2 Å². The Hall–Kier alpha value is -2.33. The van der Waals surface area contributed by atoms with E-state index in [9.17, 15) is 4.79 Å². The molecule has 2 aromatic carbocycles. The summed E-state index contributed by atoms with van der Waals surface area (Å²) in [6, 6.07) is 16.3. The van der Waals surface area contributed by atoms with Gasteiger partial charge in [-0.2, -0.15) is 0 Å². The second-order valence-corrected chi connectivity index (χ2v) is 6.07. The molecule has 0 aliphatic carbocycles. The molecule has 0 spiro atoms. The maximum Gasteiger partial charge on any atom is 0.234 e. The Morgan fingerprint density at radius 2 is 1.92 bits per heavy atom. The van der Waals surface area contributed by atoms with Gasteiger partial charge in [0, 0.05) is 18.7 Å². The van der Waals surface area contributed by atoms with E-state index in [2.05, 4.69) is 30.4 Å². The lowest BCUT2D eigenvalue weighted by molar-refractivity contribution is -0.122. The Morgan fingerprint density at radius 3 is 2.62 bits per heavy atom. The first-order chi connectivity index (χ1) is 11.6.